The molecule has 6 N–H and O–H groups in total. The number of rotatable bonds is 4. The number of benzene rings is 1. The van der Waals surface area contributed by atoms with E-state index in [0.717, 1.165) is 54.1 Å². The molecule has 6 nitrogen and oxygen atoms in total. The first-order valence-electron chi connectivity index (χ1n) is 9.82. The van der Waals surface area contributed by atoms with Gasteiger partial charge in [0, 0.05) is 59.1 Å². The number of H-pyrrole nitrogens is 1. The molecular weight excluding hydrogens is 364 g/mol. The van der Waals surface area contributed by atoms with Crippen molar-refractivity contribution in [2.45, 2.75) is 25.7 Å². The SMILES string of the molecule is Cc1cc(-c2c(C3CCOCC3)[nH]c(N)c2/C=C(\N)c2ccccc2O)ccn1. The second-order valence-electron chi connectivity index (χ2n) is 7.43. The molecule has 29 heavy (non-hydrogen) atoms. The number of aromatic amines is 1. The number of phenols is 1. The molecule has 3 heterocycles. The molecule has 0 bridgehead atoms. The lowest BCUT2D eigenvalue weighted by Gasteiger charge is -2.22. The molecule has 0 aliphatic carbocycles. The average Bonchev–Trinajstić information content (AvgIpc) is 3.05. The Hall–Kier alpha value is -3.25. The van der Waals surface area contributed by atoms with Gasteiger partial charge < -0.3 is 26.3 Å². The highest BCUT2D eigenvalue weighted by molar-refractivity contribution is 5.92. The van der Waals surface area contributed by atoms with Crippen LogP contribution < -0.4 is 11.5 Å². The van der Waals surface area contributed by atoms with Crippen LogP contribution >= 0.6 is 0 Å². The molecule has 1 fully saturated rings. The molecule has 150 valence electrons. The fraction of sp³-hybridized carbons (Fsp3) is 0.261. The summed E-state index contributed by atoms with van der Waals surface area (Å²) in [6.45, 7) is 3.45. The second-order valence-corrected chi connectivity index (χ2v) is 7.43. The Kier molecular flexibility index (Phi) is 5.27. The smallest absolute Gasteiger partial charge is 0.124 e. The van der Waals surface area contributed by atoms with Gasteiger partial charge in [-0.05, 0) is 55.7 Å². The van der Waals surface area contributed by atoms with Gasteiger partial charge in [0.05, 0.1) is 0 Å². The Labute approximate surface area is 170 Å². The van der Waals surface area contributed by atoms with Crippen LogP contribution in [0.25, 0.3) is 22.9 Å². The van der Waals surface area contributed by atoms with Crippen molar-refractivity contribution in [1.82, 2.24) is 9.97 Å². The van der Waals surface area contributed by atoms with Gasteiger partial charge in [-0.1, -0.05) is 12.1 Å². The van der Waals surface area contributed by atoms with Crippen LogP contribution in [0.15, 0.2) is 42.6 Å². The molecule has 0 amide bonds. The first-order chi connectivity index (χ1) is 14.0. The predicted molar refractivity (Wildman–Crippen MR) is 116 cm³/mol. The number of pyridine rings is 1. The zero-order valence-electron chi connectivity index (χ0n) is 16.5. The predicted octanol–water partition coefficient (Wildman–Crippen LogP) is 4.02. The maximum Gasteiger partial charge on any atom is 0.124 e. The lowest BCUT2D eigenvalue weighted by Crippen LogP contribution is -2.15. The number of aromatic nitrogens is 2. The average molecular weight is 390 g/mol. The van der Waals surface area contributed by atoms with E-state index < -0.39 is 0 Å². The number of anilines is 1. The monoisotopic (exact) mass is 390 g/mol. The van der Waals surface area contributed by atoms with E-state index in [-0.39, 0.29) is 5.75 Å². The lowest BCUT2D eigenvalue weighted by molar-refractivity contribution is 0.0847. The van der Waals surface area contributed by atoms with Crippen LogP contribution in [0.4, 0.5) is 5.82 Å². The molecule has 1 aliphatic heterocycles. The van der Waals surface area contributed by atoms with Crippen molar-refractivity contribution in [3.8, 4) is 16.9 Å². The van der Waals surface area contributed by atoms with Crippen molar-refractivity contribution in [2.75, 3.05) is 18.9 Å². The van der Waals surface area contributed by atoms with Gasteiger partial charge in [-0.3, -0.25) is 4.98 Å². The Morgan fingerprint density at radius 3 is 2.72 bits per heavy atom. The standard InChI is InChI=1S/C23H26N4O2/c1-14-12-16(6-9-26-14)21-18(13-19(24)17-4-2-3-5-20(17)28)23(25)27-22(21)15-7-10-29-11-8-15/h2-6,9,12-13,15,27-28H,7-8,10-11,24-25H2,1H3/b19-13-. The van der Waals surface area contributed by atoms with Crippen molar-refractivity contribution in [3.63, 3.8) is 0 Å². The largest absolute Gasteiger partial charge is 0.507 e. The highest BCUT2D eigenvalue weighted by Gasteiger charge is 2.25. The molecule has 0 spiro atoms. The fourth-order valence-electron chi connectivity index (χ4n) is 3.96. The van der Waals surface area contributed by atoms with Crippen LogP contribution in [0.3, 0.4) is 0 Å². The number of para-hydroxylation sites is 1. The van der Waals surface area contributed by atoms with E-state index in [9.17, 15) is 5.11 Å². The first kappa shape index (κ1) is 19.1. The summed E-state index contributed by atoms with van der Waals surface area (Å²) in [5, 5.41) is 10.2. The number of hydrogen-bond donors (Lipinski definition) is 4. The van der Waals surface area contributed by atoms with Crippen LogP contribution in [-0.4, -0.2) is 28.3 Å². The lowest BCUT2D eigenvalue weighted by atomic mass is 9.89. The Bertz CT molecular complexity index is 1050. The summed E-state index contributed by atoms with van der Waals surface area (Å²) in [5.74, 6) is 1.04. The Morgan fingerprint density at radius 1 is 1.24 bits per heavy atom. The molecular formula is C23H26N4O2. The van der Waals surface area contributed by atoms with E-state index in [2.05, 4.69) is 16.0 Å². The van der Waals surface area contributed by atoms with Crippen LogP contribution in [0.2, 0.25) is 0 Å². The van der Waals surface area contributed by atoms with E-state index in [1.807, 2.05) is 31.3 Å². The summed E-state index contributed by atoms with van der Waals surface area (Å²) in [7, 11) is 0. The summed E-state index contributed by atoms with van der Waals surface area (Å²) >= 11 is 0. The molecule has 3 aromatic rings. The molecule has 4 rings (SSSR count). The van der Waals surface area contributed by atoms with Gasteiger partial charge in [-0.25, -0.2) is 0 Å². The third-order valence-corrected chi connectivity index (χ3v) is 5.43. The number of nitrogens with zero attached hydrogens (tertiary/aromatic N) is 1. The highest BCUT2D eigenvalue weighted by Crippen LogP contribution is 2.41. The van der Waals surface area contributed by atoms with E-state index in [1.165, 1.54) is 0 Å². The molecule has 0 unspecified atom stereocenters. The van der Waals surface area contributed by atoms with Crippen molar-refractivity contribution in [3.05, 3.63) is 65.1 Å². The van der Waals surface area contributed by atoms with Crippen molar-refractivity contribution in [1.29, 1.82) is 0 Å². The number of aryl methyl sites for hydroxylation is 1. The molecule has 0 atom stereocenters. The summed E-state index contributed by atoms with van der Waals surface area (Å²) in [6, 6.07) is 11.1. The topological polar surface area (TPSA) is 110 Å². The molecule has 1 aliphatic rings. The van der Waals surface area contributed by atoms with Crippen molar-refractivity contribution < 1.29 is 9.84 Å². The second kappa shape index (κ2) is 8.01. The number of nitrogens with two attached hydrogens (primary N) is 2. The number of hydrogen-bond acceptors (Lipinski definition) is 5. The maximum atomic E-state index is 10.2. The van der Waals surface area contributed by atoms with E-state index in [1.54, 1.807) is 18.2 Å². The normalized spacial score (nSPS) is 15.6. The quantitative estimate of drug-likeness (QED) is 0.538. The summed E-state index contributed by atoms with van der Waals surface area (Å²) in [5.41, 5.74) is 18.8. The number of nitrogen functional groups attached to an aromatic ring is 1. The molecule has 6 heteroatoms. The molecule has 1 aromatic carbocycles. The number of nitrogens with one attached hydrogen (secondary N) is 1. The van der Waals surface area contributed by atoms with Gasteiger partial charge in [0.15, 0.2) is 0 Å². The molecule has 1 saturated heterocycles. The van der Waals surface area contributed by atoms with Gasteiger partial charge in [0.25, 0.3) is 0 Å². The minimum Gasteiger partial charge on any atom is -0.507 e. The van der Waals surface area contributed by atoms with Crippen molar-refractivity contribution in [2.24, 2.45) is 5.73 Å². The Morgan fingerprint density at radius 2 is 2.00 bits per heavy atom. The highest BCUT2D eigenvalue weighted by atomic mass is 16.5. The summed E-state index contributed by atoms with van der Waals surface area (Å²) < 4.78 is 5.54. The van der Waals surface area contributed by atoms with Crippen LogP contribution in [0.1, 0.15) is 41.3 Å². The number of phenolic OH excluding ortho intramolecular Hbond substituents is 1. The van der Waals surface area contributed by atoms with Crippen LogP contribution in [0, 0.1) is 6.92 Å². The Balaban J connectivity index is 1.88. The molecule has 0 saturated carbocycles. The van der Waals surface area contributed by atoms with Gasteiger partial charge >= 0.3 is 0 Å². The molecule has 0 radical (unpaired) electrons. The van der Waals surface area contributed by atoms with Crippen molar-refractivity contribution >= 4 is 17.6 Å². The summed E-state index contributed by atoms with van der Waals surface area (Å²) in [4.78, 5) is 7.74. The number of aromatic hydroxyl groups is 1. The van der Waals surface area contributed by atoms with Crippen LogP contribution in [0.5, 0.6) is 5.75 Å². The molecule has 2 aromatic heterocycles. The fourth-order valence-corrected chi connectivity index (χ4v) is 3.96. The van der Waals surface area contributed by atoms with Gasteiger partial charge in [-0.15, -0.1) is 0 Å². The van der Waals surface area contributed by atoms with E-state index >= 15 is 0 Å². The third kappa shape index (κ3) is 3.84. The van der Waals surface area contributed by atoms with E-state index in [4.69, 9.17) is 16.2 Å². The maximum absolute atomic E-state index is 10.2. The minimum absolute atomic E-state index is 0.140. The van der Waals surface area contributed by atoms with Gasteiger partial charge in [-0.2, -0.15) is 0 Å². The zero-order chi connectivity index (χ0) is 20.4. The van der Waals surface area contributed by atoms with Gasteiger partial charge in [0.1, 0.15) is 11.6 Å². The minimum atomic E-state index is 0.140. The third-order valence-electron chi connectivity index (χ3n) is 5.43. The first-order valence-corrected chi connectivity index (χ1v) is 9.82. The van der Waals surface area contributed by atoms with Crippen LogP contribution in [-0.2, 0) is 4.74 Å². The summed E-state index contributed by atoms with van der Waals surface area (Å²) in [6.07, 6.45) is 5.53. The number of ether oxygens (including phenoxy) is 1. The van der Waals surface area contributed by atoms with Gasteiger partial charge in [0.2, 0.25) is 0 Å². The van der Waals surface area contributed by atoms with E-state index in [0.29, 0.717) is 23.0 Å². The zero-order valence-corrected chi connectivity index (χ0v) is 16.5.